The van der Waals surface area contributed by atoms with E-state index in [1.54, 1.807) is 6.07 Å². The van der Waals surface area contributed by atoms with Gasteiger partial charge in [-0.2, -0.15) is 0 Å². The lowest BCUT2D eigenvalue weighted by Crippen LogP contribution is -2.12. The van der Waals surface area contributed by atoms with Gasteiger partial charge < -0.3 is 5.32 Å². The molecule has 0 saturated carbocycles. The van der Waals surface area contributed by atoms with E-state index in [9.17, 15) is 13.2 Å². The van der Waals surface area contributed by atoms with Crippen LogP contribution in [-0.2, 0) is 9.84 Å². The highest BCUT2D eigenvalue weighted by Gasteiger charge is 2.12. The van der Waals surface area contributed by atoms with E-state index in [-0.39, 0.29) is 10.0 Å². The fourth-order valence-electron chi connectivity index (χ4n) is 1.56. The molecule has 0 spiro atoms. The molecule has 1 aromatic heterocycles. The molecule has 0 radical (unpaired) electrons. The summed E-state index contributed by atoms with van der Waals surface area (Å²) in [6.45, 7) is 0. The van der Waals surface area contributed by atoms with Gasteiger partial charge >= 0.3 is 0 Å². The van der Waals surface area contributed by atoms with Gasteiger partial charge in [0.2, 0.25) is 0 Å². The van der Waals surface area contributed by atoms with Crippen molar-refractivity contribution in [3.8, 4) is 0 Å². The van der Waals surface area contributed by atoms with E-state index in [2.05, 4.69) is 26.2 Å². The number of carbonyl (C=O) groups excluding carboxylic acids is 1. The third-order valence-electron chi connectivity index (χ3n) is 2.60. The van der Waals surface area contributed by atoms with Gasteiger partial charge in [0.15, 0.2) is 15.0 Å². The molecule has 0 fully saturated rings. The third-order valence-corrected chi connectivity index (χ3v) is 4.46. The number of carbonyl (C=O) groups is 1. The summed E-state index contributed by atoms with van der Waals surface area (Å²) in [5.41, 5.74) is 0.682. The summed E-state index contributed by atoms with van der Waals surface area (Å²) in [6, 6.07) is 7.25. The molecule has 0 aliphatic carbocycles. The van der Waals surface area contributed by atoms with Crippen molar-refractivity contribution < 1.29 is 13.2 Å². The number of hydrogen-bond acceptors (Lipinski definition) is 4. The fourth-order valence-corrected chi connectivity index (χ4v) is 2.67. The molecular weight excluding hydrogens is 380 g/mol. The number of amides is 1. The first kappa shape index (κ1) is 15.9. The molecule has 2 aromatic rings. The number of halogens is 2. The van der Waals surface area contributed by atoms with Gasteiger partial charge in [0.1, 0.15) is 0 Å². The van der Waals surface area contributed by atoms with Crippen LogP contribution in [0.25, 0.3) is 0 Å². The van der Waals surface area contributed by atoms with E-state index in [0.717, 1.165) is 6.26 Å². The summed E-state index contributed by atoms with van der Waals surface area (Å²) in [5, 5.41) is 2.78. The summed E-state index contributed by atoms with van der Waals surface area (Å²) in [4.78, 5) is 16.1. The molecule has 0 saturated heterocycles. The summed E-state index contributed by atoms with van der Waals surface area (Å²) >= 11 is 9.12. The molecule has 110 valence electrons. The van der Waals surface area contributed by atoms with Crippen molar-refractivity contribution in [1.82, 2.24) is 4.98 Å². The van der Waals surface area contributed by atoms with Gasteiger partial charge in [0, 0.05) is 22.5 Å². The summed E-state index contributed by atoms with van der Waals surface area (Å²) < 4.78 is 23.4. The second kappa shape index (κ2) is 6.13. The molecule has 0 unspecified atom stereocenters. The normalized spacial score (nSPS) is 11.2. The molecule has 0 bridgehead atoms. The standard InChI is InChI=1S/C13H10BrClN2O3S/c1-21(19,20)10-4-2-8(3-5-10)13(18)17-11-6-9(14)7-16-12(11)15/h2-7H,1H3,(H,17,18). The Bertz CT molecular complexity index is 792. The van der Waals surface area contributed by atoms with Crippen molar-refractivity contribution in [2.75, 3.05) is 11.6 Å². The maximum atomic E-state index is 12.1. The van der Waals surface area contributed by atoms with Gasteiger partial charge in [-0.15, -0.1) is 0 Å². The largest absolute Gasteiger partial charge is 0.319 e. The molecule has 5 nitrogen and oxygen atoms in total. The number of benzene rings is 1. The lowest BCUT2D eigenvalue weighted by atomic mass is 10.2. The zero-order chi connectivity index (χ0) is 15.6. The summed E-state index contributed by atoms with van der Waals surface area (Å²) in [6.07, 6.45) is 2.62. The smallest absolute Gasteiger partial charge is 0.255 e. The molecule has 21 heavy (non-hydrogen) atoms. The van der Waals surface area contributed by atoms with Crippen LogP contribution in [0.15, 0.2) is 45.9 Å². The average Bonchev–Trinajstić information content (AvgIpc) is 2.42. The van der Waals surface area contributed by atoms with E-state index in [4.69, 9.17) is 11.6 Å². The lowest BCUT2D eigenvalue weighted by molar-refractivity contribution is 0.102. The van der Waals surface area contributed by atoms with Crippen molar-refractivity contribution in [3.63, 3.8) is 0 Å². The molecule has 0 aliphatic heterocycles. The molecule has 8 heteroatoms. The number of pyridine rings is 1. The van der Waals surface area contributed by atoms with Crippen LogP contribution in [0.4, 0.5) is 5.69 Å². The van der Waals surface area contributed by atoms with Crippen LogP contribution in [0.2, 0.25) is 5.15 Å². The van der Waals surface area contributed by atoms with Crippen LogP contribution in [0, 0.1) is 0 Å². The Morgan fingerprint density at radius 2 is 1.90 bits per heavy atom. The minimum absolute atomic E-state index is 0.154. The Balaban J connectivity index is 2.23. The first-order valence-electron chi connectivity index (χ1n) is 5.70. The summed E-state index contributed by atoms with van der Waals surface area (Å²) in [7, 11) is -3.29. The SMILES string of the molecule is CS(=O)(=O)c1ccc(C(=O)Nc2cc(Br)cnc2Cl)cc1. The number of nitrogens with one attached hydrogen (secondary N) is 1. The molecule has 1 aromatic carbocycles. The van der Waals surface area contributed by atoms with Gasteiger partial charge in [-0.25, -0.2) is 13.4 Å². The molecule has 1 amide bonds. The van der Waals surface area contributed by atoms with Gasteiger partial charge in [0.25, 0.3) is 5.91 Å². The van der Waals surface area contributed by atoms with Crippen LogP contribution in [0.3, 0.4) is 0 Å². The average molecular weight is 390 g/mol. The number of hydrogen-bond donors (Lipinski definition) is 1. The molecular formula is C13H10BrClN2O3S. The maximum Gasteiger partial charge on any atom is 0.255 e. The molecule has 0 atom stereocenters. The number of anilines is 1. The lowest BCUT2D eigenvalue weighted by Gasteiger charge is -2.07. The Kier molecular flexibility index (Phi) is 4.65. The van der Waals surface area contributed by atoms with Gasteiger partial charge in [-0.3, -0.25) is 4.79 Å². The maximum absolute atomic E-state index is 12.1. The van der Waals surface area contributed by atoms with Crippen LogP contribution < -0.4 is 5.32 Å². The predicted octanol–water partition coefficient (Wildman–Crippen LogP) is 3.15. The molecule has 1 N–H and O–H groups in total. The second-order valence-electron chi connectivity index (χ2n) is 4.24. The highest BCUT2D eigenvalue weighted by Crippen LogP contribution is 2.23. The summed E-state index contributed by atoms with van der Waals surface area (Å²) in [5.74, 6) is -0.406. The quantitative estimate of drug-likeness (QED) is 0.818. The Labute approximate surface area is 135 Å². The highest BCUT2D eigenvalue weighted by atomic mass is 79.9. The Morgan fingerprint density at radius 3 is 2.48 bits per heavy atom. The number of sulfone groups is 1. The van der Waals surface area contributed by atoms with Crippen LogP contribution in [0.1, 0.15) is 10.4 Å². The second-order valence-corrected chi connectivity index (χ2v) is 7.53. The monoisotopic (exact) mass is 388 g/mol. The number of rotatable bonds is 3. The third kappa shape index (κ3) is 4.03. The molecule has 0 aliphatic rings. The Morgan fingerprint density at radius 1 is 1.29 bits per heavy atom. The zero-order valence-corrected chi connectivity index (χ0v) is 14.0. The van der Waals surface area contributed by atoms with Crippen LogP contribution >= 0.6 is 27.5 Å². The fraction of sp³-hybridized carbons (Fsp3) is 0.0769. The van der Waals surface area contributed by atoms with Gasteiger partial charge in [-0.1, -0.05) is 11.6 Å². The number of aromatic nitrogens is 1. The van der Waals surface area contributed by atoms with Gasteiger partial charge in [0.05, 0.1) is 10.6 Å². The van der Waals surface area contributed by atoms with Crippen LogP contribution in [-0.4, -0.2) is 25.6 Å². The van der Waals surface area contributed by atoms with E-state index < -0.39 is 15.7 Å². The zero-order valence-electron chi connectivity index (χ0n) is 10.8. The predicted molar refractivity (Wildman–Crippen MR) is 84.5 cm³/mol. The van der Waals surface area contributed by atoms with Crippen molar-refractivity contribution in [3.05, 3.63) is 51.7 Å². The van der Waals surface area contributed by atoms with E-state index in [1.165, 1.54) is 30.5 Å². The van der Waals surface area contributed by atoms with E-state index in [0.29, 0.717) is 15.7 Å². The first-order valence-corrected chi connectivity index (χ1v) is 8.76. The topological polar surface area (TPSA) is 76.1 Å². The molecule has 1 heterocycles. The van der Waals surface area contributed by atoms with E-state index >= 15 is 0 Å². The van der Waals surface area contributed by atoms with Crippen LogP contribution in [0.5, 0.6) is 0 Å². The first-order chi connectivity index (χ1) is 9.77. The van der Waals surface area contributed by atoms with Crippen molar-refractivity contribution in [2.24, 2.45) is 0 Å². The Hall–Kier alpha value is -1.44. The van der Waals surface area contributed by atoms with Crippen molar-refractivity contribution in [2.45, 2.75) is 4.90 Å². The van der Waals surface area contributed by atoms with Gasteiger partial charge in [-0.05, 0) is 46.3 Å². The molecule has 2 rings (SSSR count). The highest BCUT2D eigenvalue weighted by molar-refractivity contribution is 9.10. The number of nitrogens with zero attached hydrogens (tertiary/aromatic N) is 1. The van der Waals surface area contributed by atoms with E-state index in [1.807, 2.05) is 0 Å². The minimum Gasteiger partial charge on any atom is -0.319 e. The van der Waals surface area contributed by atoms with Crippen molar-refractivity contribution in [1.29, 1.82) is 0 Å². The van der Waals surface area contributed by atoms with Crippen molar-refractivity contribution >= 4 is 49.0 Å². The minimum atomic E-state index is -3.29.